The van der Waals surface area contributed by atoms with Crippen LogP contribution in [0.3, 0.4) is 0 Å². The second-order valence-corrected chi connectivity index (χ2v) is 8.11. The fourth-order valence-corrected chi connectivity index (χ4v) is 4.12. The van der Waals surface area contributed by atoms with E-state index in [-0.39, 0.29) is 24.5 Å². The highest BCUT2D eigenvalue weighted by Crippen LogP contribution is 2.40. The Labute approximate surface area is 195 Å². The number of carbonyl (C=O) groups excluding carboxylic acids is 2. The molecule has 1 amide bonds. The van der Waals surface area contributed by atoms with Gasteiger partial charge in [0.05, 0.1) is 36.4 Å². The summed E-state index contributed by atoms with van der Waals surface area (Å²) in [6.07, 6.45) is 0.885. The molecule has 2 aromatic carbocycles. The summed E-state index contributed by atoms with van der Waals surface area (Å²) >= 11 is 3.39. The first-order valence-corrected chi connectivity index (χ1v) is 11.1. The predicted octanol–water partition coefficient (Wildman–Crippen LogP) is 4.31. The smallest absolute Gasteiger partial charge is 0.295 e. The summed E-state index contributed by atoms with van der Waals surface area (Å²) in [6, 6.07) is 11.4. The highest BCUT2D eigenvalue weighted by atomic mass is 79.9. The normalized spacial score (nSPS) is 17.6. The van der Waals surface area contributed by atoms with Crippen molar-refractivity contribution in [1.29, 1.82) is 0 Å². The highest BCUT2D eigenvalue weighted by Gasteiger charge is 2.45. The minimum Gasteiger partial charge on any atom is -0.507 e. The number of methoxy groups -OCH3 is 2. The summed E-state index contributed by atoms with van der Waals surface area (Å²) in [4.78, 5) is 27.2. The zero-order valence-corrected chi connectivity index (χ0v) is 19.8. The van der Waals surface area contributed by atoms with Gasteiger partial charge in [-0.3, -0.25) is 9.59 Å². The molecular weight excluding hydrogens is 478 g/mol. The molecule has 3 rings (SSSR count). The van der Waals surface area contributed by atoms with Gasteiger partial charge in [-0.25, -0.2) is 0 Å². The van der Waals surface area contributed by atoms with Gasteiger partial charge >= 0.3 is 0 Å². The molecule has 0 radical (unpaired) electrons. The lowest BCUT2D eigenvalue weighted by Gasteiger charge is -2.25. The minimum absolute atomic E-state index is 0.0328. The summed E-state index contributed by atoms with van der Waals surface area (Å²) in [5.74, 6) is -0.373. The lowest BCUT2D eigenvalue weighted by Crippen LogP contribution is -2.32. The SMILES string of the molecule is CCCOc1ccc(C2/C(=C(/O)c3ccc(OC)c(Br)c3)C(=O)C(=O)N2CCOC)cc1. The van der Waals surface area contributed by atoms with E-state index in [0.29, 0.717) is 33.7 Å². The van der Waals surface area contributed by atoms with Crippen LogP contribution in [0.5, 0.6) is 11.5 Å². The van der Waals surface area contributed by atoms with Crippen LogP contribution in [0.4, 0.5) is 0 Å². The Morgan fingerprint density at radius 1 is 1.09 bits per heavy atom. The molecule has 1 aliphatic rings. The van der Waals surface area contributed by atoms with Gasteiger partial charge in [-0.2, -0.15) is 0 Å². The second-order valence-electron chi connectivity index (χ2n) is 7.25. The van der Waals surface area contributed by atoms with Crippen LogP contribution < -0.4 is 9.47 Å². The zero-order valence-electron chi connectivity index (χ0n) is 18.3. The third-order valence-corrected chi connectivity index (χ3v) is 5.79. The van der Waals surface area contributed by atoms with Gasteiger partial charge in [-0.1, -0.05) is 19.1 Å². The molecule has 0 aliphatic carbocycles. The molecular formula is C24H26BrNO6. The number of rotatable bonds is 9. The first-order chi connectivity index (χ1) is 15.4. The molecule has 1 unspecified atom stereocenters. The van der Waals surface area contributed by atoms with Gasteiger partial charge < -0.3 is 24.2 Å². The number of halogens is 1. The Morgan fingerprint density at radius 2 is 1.81 bits per heavy atom. The van der Waals surface area contributed by atoms with Crippen LogP contribution in [0, 0.1) is 0 Å². The van der Waals surface area contributed by atoms with E-state index >= 15 is 0 Å². The summed E-state index contributed by atoms with van der Waals surface area (Å²) < 4.78 is 16.6. The van der Waals surface area contributed by atoms with Gasteiger partial charge in [0.1, 0.15) is 17.3 Å². The molecule has 32 heavy (non-hydrogen) atoms. The van der Waals surface area contributed by atoms with Crippen molar-refractivity contribution in [2.45, 2.75) is 19.4 Å². The van der Waals surface area contributed by atoms with Crippen molar-refractivity contribution in [3.8, 4) is 11.5 Å². The van der Waals surface area contributed by atoms with Gasteiger partial charge in [0.15, 0.2) is 0 Å². The zero-order chi connectivity index (χ0) is 23.3. The first kappa shape index (κ1) is 23.8. The van der Waals surface area contributed by atoms with Crippen molar-refractivity contribution < 1.29 is 28.9 Å². The van der Waals surface area contributed by atoms with Crippen LogP contribution in [-0.4, -0.2) is 55.7 Å². The van der Waals surface area contributed by atoms with Gasteiger partial charge in [-0.15, -0.1) is 0 Å². The van der Waals surface area contributed by atoms with Crippen LogP contribution in [-0.2, 0) is 14.3 Å². The van der Waals surface area contributed by atoms with Crippen LogP contribution >= 0.6 is 15.9 Å². The standard InChI is InChI=1S/C24H26BrNO6/c1-4-12-32-17-8-5-15(6-9-17)21-20(23(28)24(29)26(21)11-13-30-2)22(27)16-7-10-19(31-3)18(25)14-16/h5-10,14,21,27H,4,11-13H2,1-3H3/b22-20-. The van der Waals surface area contributed by atoms with Crippen LogP contribution in [0.1, 0.15) is 30.5 Å². The molecule has 0 aromatic heterocycles. The Balaban J connectivity index is 2.09. The van der Waals surface area contributed by atoms with Crippen LogP contribution in [0.25, 0.3) is 5.76 Å². The molecule has 1 heterocycles. The number of ether oxygens (including phenoxy) is 3. The Kier molecular flexibility index (Phi) is 7.93. The number of aliphatic hydroxyl groups is 1. The van der Waals surface area contributed by atoms with Gasteiger partial charge in [0, 0.05) is 19.2 Å². The number of benzene rings is 2. The van der Waals surface area contributed by atoms with E-state index in [2.05, 4.69) is 15.9 Å². The fourth-order valence-electron chi connectivity index (χ4n) is 3.58. The number of amides is 1. The number of hydrogen-bond donors (Lipinski definition) is 1. The number of aliphatic hydroxyl groups excluding tert-OH is 1. The quantitative estimate of drug-likeness (QED) is 0.311. The lowest BCUT2D eigenvalue weighted by molar-refractivity contribution is -0.140. The molecule has 2 aromatic rings. The molecule has 1 N–H and O–H groups in total. The molecule has 0 bridgehead atoms. The van der Waals surface area contributed by atoms with E-state index in [1.165, 1.54) is 19.1 Å². The lowest BCUT2D eigenvalue weighted by atomic mass is 9.95. The number of nitrogens with zero attached hydrogens (tertiary/aromatic N) is 1. The van der Waals surface area contributed by atoms with Gasteiger partial charge in [0.2, 0.25) is 0 Å². The average Bonchev–Trinajstić information content (AvgIpc) is 3.06. The Bertz CT molecular complexity index is 1020. The molecule has 1 aliphatic heterocycles. The third-order valence-electron chi connectivity index (χ3n) is 5.17. The molecule has 0 saturated carbocycles. The summed E-state index contributed by atoms with van der Waals surface area (Å²) in [5.41, 5.74) is 1.12. The monoisotopic (exact) mass is 503 g/mol. The maximum atomic E-state index is 13.0. The molecule has 170 valence electrons. The van der Waals surface area contributed by atoms with E-state index < -0.39 is 17.7 Å². The predicted molar refractivity (Wildman–Crippen MR) is 124 cm³/mol. The fraction of sp³-hybridized carbons (Fsp3) is 0.333. The Hall–Kier alpha value is -2.84. The Morgan fingerprint density at radius 3 is 2.41 bits per heavy atom. The average molecular weight is 504 g/mol. The molecule has 8 heteroatoms. The first-order valence-electron chi connectivity index (χ1n) is 10.3. The molecule has 7 nitrogen and oxygen atoms in total. The van der Waals surface area contributed by atoms with Gasteiger partial charge in [-0.05, 0) is 58.2 Å². The van der Waals surface area contributed by atoms with Crippen molar-refractivity contribution >= 4 is 33.4 Å². The maximum Gasteiger partial charge on any atom is 0.295 e. The minimum atomic E-state index is -0.744. The molecule has 1 fully saturated rings. The van der Waals surface area contributed by atoms with Gasteiger partial charge in [0.25, 0.3) is 11.7 Å². The van der Waals surface area contributed by atoms with Crippen molar-refractivity contribution in [2.24, 2.45) is 0 Å². The number of likely N-dealkylation sites (tertiary alicyclic amines) is 1. The number of Topliss-reactive ketones (excluding diaryl/α,β-unsaturated/α-hetero) is 1. The van der Waals surface area contributed by atoms with Crippen LogP contribution in [0.2, 0.25) is 0 Å². The summed E-state index contributed by atoms with van der Waals surface area (Å²) in [5, 5.41) is 11.1. The number of ketones is 1. The van der Waals surface area contributed by atoms with Crippen LogP contribution in [0.15, 0.2) is 52.5 Å². The number of hydrogen-bond acceptors (Lipinski definition) is 6. The summed E-state index contributed by atoms with van der Waals surface area (Å²) in [6.45, 7) is 3.09. The van der Waals surface area contributed by atoms with E-state index in [1.807, 2.05) is 6.92 Å². The highest BCUT2D eigenvalue weighted by molar-refractivity contribution is 9.10. The van der Waals surface area contributed by atoms with E-state index in [1.54, 1.807) is 42.5 Å². The van der Waals surface area contributed by atoms with E-state index in [4.69, 9.17) is 14.2 Å². The topological polar surface area (TPSA) is 85.3 Å². The molecule has 1 atom stereocenters. The summed E-state index contributed by atoms with van der Waals surface area (Å²) in [7, 11) is 3.06. The van der Waals surface area contributed by atoms with Crippen molar-refractivity contribution in [3.05, 3.63) is 63.6 Å². The van der Waals surface area contributed by atoms with Crippen molar-refractivity contribution in [1.82, 2.24) is 4.90 Å². The number of carbonyl (C=O) groups is 2. The largest absolute Gasteiger partial charge is 0.507 e. The molecule has 0 spiro atoms. The molecule has 1 saturated heterocycles. The van der Waals surface area contributed by atoms with Crippen molar-refractivity contribution in [3.63, 3.8) is 0 Å². The maximum absolute atomic E-state index is 13.0. The third kappa shape index (κ3) is 4.81. The van der Waals surface area contributed by atoms with Crippen molar-refractivity contribution in [2.75, 3.05) is 34.0 Å². The van der Waals surface area contributed by atoms with E-state index in [9.17, 15) is 14.7 Å². The van der Waals surface area contributed by atoms with E-state index in [0.717, 1.165) is 6.42 Å². The second kappa shape index (κ2) is 10.7.